The van der Waals surface area contributed by atoms with Crippen molar-refractivity contribution in [3.63, 3.8) is 0 Å². The molecule has 1 aromatic heterocycles. The molecule has 0 bridgehead atoms. The molecule has 17 heavy (non-hydrogen) atoms. The van der Waals surface area contributed by atoms with E-state index >= 15 is 0 Å². The largest absolute Gasteiger partial charge is 0.431 e. The van der Waals surface area contributed by atoms with Gasteiger partial charge in [-0.2, -0.15) is 13.2 Å². The number of nitrogens with one attached hydrogen (secondary N) is 1. The molecule has 1 heterocycles. The van der Waals surface area contributed by atoms with Crippen LogP contribution in [0.15, 0.2) is 23.0 Å². The monoisotopic (exact) mass is 246 g/mol. The second-order valence-corrected chi connectivity index (χ2v) is 4.13. The summed E-state index contributed by atoms with van der Waals surface area (Å²) in [7, 11) is 0. The summed E-state index contributed by atoms with van der Waals surface area (Å²) in [4.78, 5) is 11.4. The van der Waals surface area contributed by atoms with Gasteiger partial charge in [-0.1, -0.05) is 6.07 Å². The zero-order valence-electron chi connectivity index (χ0n) is 9.13. The van der Waals surface area contributed by atoms with Gasteiger partial charge in [-0.25, -0.2) is 0 Å². The van der Waals surface area contributed by atoms with Crippen molar-refractivity contribution in [2.45, 2.75) is 31.6 Å². The molecule has 1 aromatic rings. The molecule has 0 radical (unpaired) electrons. The molecule has 6 heteroatoms. The van der Waals surface area contributed by atoms with Crippen molar-refractivity contribution in [3.05, 3.63) is 34.2 Å². The van der Waals surface area contributed by atoms with E-state index < -0.39 is 17.4 Å². The third-order valence-corrected chi connectivity index (χ3v) is 2.69. The smallest absolute Gasteiger partial charge is 0.312 e. The summed E-state index contributed by atoms with van der Waals surface area (Å²) >= 11 is 0. The summed E-state index contributed by atoms with van der Waals surface area (Å²) in [5.74, 6) is 0. The van der Waals surface area contributed by atoms with E-state index in [1.165, 1.54) is 0 Å². The second kappa shape index (κ2) is 4.52. The molecular weight excluding hydrogens is 233 g/mol. The number of pyridine rings is 1. The number of alkyl halides is 3. The van der Waals surface area contributed by atoms with E-state index in [2.05, 4.69) is 5.32 Å². The summed E-state index contributed by atoms with van der Waals surface area (Å²) < 4.78 is 38.7. The lowest BCUT2D eigenvalue weighted by Crippen LogP contribution is -2.32. The van der Waals surface area contributed by atoms with Gasteiger partial charge < -0.3 is 9.88 Å². The fourth-order valence-corrected chi connectivity index (χ4v) is 1.67. The minimum Gasteiger partial charge on any atom is -0.312 e. The van der Waals surface area contributed by atoms with Crippen molar-refractivity contribution in [2.75, 3.05) is 6.54 Å². The molecule has 0 aliphatic heterocycles. The molecular formula is C11H13F3N2O. The van der Waals surface area contributed by atoms with E-state index in [1.807, 2.05) is 0 Å². The lowest BCUT2D eigenvalue weighted by Gasteiger charge is -2.15. The quantitative estimate of drug-likeness (QED) is 0.876. The normalized spacial score (nSPS) is 16.2. The Bertz CT molecular complexity index is 449. The number of hydrogen-bond donors (Lipinski definition) is 1. The van der Waals surface area contributed by atoms with Crippen molar-refractivity contribution < 1.29 is 13.2 Å². The predicted octanol–water partition coefficient (Wildman–Crippen LogP) is 1.62. The summed E-state index contributed by atoms with van der Waals surface area (Å²) in [6, 6.07) is 3.63. The van der Waals surface area contributed by atoms with Crippen molar-refractivity contribution in [3.8, 4) is 0 Å². The second-order valence-electron chi connectivity index (χ2n) is 4.13. The molecule has 1 saturated carbocycles. The third kappa shape index (κ3) is 3.09. The van der Waals surface area contributed by atoms with Crippen molar-refractivity contribution in [1.29, 1.82) is 0 Å². The molecule has 0 aromatic carbocycles. The molecule has 3 nitrogen and oxygen atoms in total. The minimum absolute atomic E-state index is 0.0466. The van der Waals surface area contributed by atoms with Gasteiger partial charge in [-0.05, 0) is 18.9 Å². The van der Waals surface area contributed by atoms with E-state index in [9.17, 15) is 18.0 Å². The molecule has 0 spiro atoms. The average Bonchev–Trinajstić information content (AvgIpc) is 3.02. The van der Waals surface area contributed by atoms with E-state index in [0.717, 1.165) is 35.6 Å². The van der Waals surface area contributed by atoms with Gasteiger partial charge in [0.2, 0.25) is 0 Å². The van der Waals surface area contributed by atoms with Crippen LogP contribution in [0.4, 0.5) is 13.2 Å². The van der Waals surface area contributed by atoms with Crippen LogP contribution in [0.5, 0.6) is 0 Å². The number of rotatable bonds is 4. The van der Waals surface area contributed by atoms with Gasteiger partial charge in [-0.3, -0.25) is 4.79 Å². The topological polar surface area (TPSA) is 34.0 Å². The SMILES string of the molecule is O=c1cccc(C(F)(F)F)n1CCNC1CC1. The molecule has 0 unspecified atom stereocenters. The molecule has 1 aliphatic rings. The summed E-state index contributed by atoms with van der Waals surface area (Å²) in [6.07, 6.45) is -2.36. The third-order valence-electron chi connectivity index (χ3n) is 2.69. The van der Waals surface area contributed by atoms with Crippen molar-refractivity contribution in [2.24, 2.45) is 0 Å². The first kappa shape index (κ1) is 12.2. The van der Waals surface area contributed by atoms with Crippen LogP contribution < -0.4 is 10.9 Å². The molecule has 94 valence electrons. The van der Waals surface area contributed by atoms with E-state index in [1.54, 1.807) is 0 Å². The highest BCUT2D eigenvalue weighted by molar-refractivity contribution is 5.10. The molecule has 0 amide bonds. The molecule has 1 aliphatic carbocycles. The lowest BCUT2D eigenvalue weighted by molar-refractivity contribution is -0.144. The van der Waals surface area contributed by atoms with Gasteiger partial charge in [0, 0.05) is 25.2 Å². The highest BCUT2D eigenvalue weighted by atomic mass is 19.4. The number of aromatic nitrogens is 1. The van der Waals surface area contributed by atoms with Crippen LogP contribution in [-0.2, 0) is 12.7 Å². The van der Waals surface area contributed by atoms with Gasteiger partial charge in [0.05, 0.1) is 0 Å². The van der Waals surface area contributed by atoms with Gasteiger partial charge in [0.15, 0.2) is 0 Å². The van der Waals surface area contributed by atoms with Crippen LogP contribution in [0.25, 0.3) is 0 Å². The van der Waals surface area contributed by atoms with Crippen LogP contribution in [0.2, 0.25) is 0 Å². The first-order valence-corrected chi connectivity index (χ1v) is 5.49. The summed E-state index contributed by atoms with van der Waals surface area (Å²) in [5, 5.41) is 3.08. The number of halogens is 3. The summed E-state index contributed by atoms with van der Waals surface area (Å²) in [6.45, 7) is 0.433. The maximum Gasteiger partial charge on any atom is 0.431 e. The fourth-order valence-electron chi connectivity index (χ4n) is 1.67. The van der Waals surface area contributed by atoms with E-state index in [0.29, 0.717) is 12.6 Å². The maximum atomic E-state index is 12.6. The Morgan fingerprint density at radius 1 is 1.35 bits per heavy atom. The van der Waals surface area contributed by atoms with Gasteiger partial charge in [-0.15, -0.1) is 0 Å². The van der Waals surface area contributed by atoms with Crippen LogP contribution in [0, 0.1) is 0 Å². The first-order chi connectivity index (χ1) is 7.98. The molecule has 1 N–H and O–H groups in total. The van der Waals surface area contributed by atoms with Crippen LogP contribution in [0.1, 0.15) is 18.5 Å². The molecule has 0 atom stereocenters. The van der Waals surface area contributed by atoms with Crippen LogP contribution in [-0.4, -0.2) is 17.2 Å². The summed E-state index contributed by atoms with van der Waals surface area (Å²) in [5.41, 5.74) is -1.50. The van der Waals surface area contributed by atoms with E-state index in [-0.39, 0.29) is 6.54 Å². The standard InChI is InChI=1S/C11H13F3N2O/c12-11(13,14)9-2-1-3-10(17)16(9)7-6-15-8-4-5-8/h1-3,8,15H,4-7H2. The molecule has 2 rings (SSSR count). The molecule has 0 saturated heterocycles. The number of nitrogens with zero attached hydrogens (tertiary/aromatic N) is 1. The lowest BCUT2D eigenvalue weighted by atomic mass is 10.3. The Labute approximate surface area is 96.3 Å². The Morgan fingerprint density at radius 3 is 2.65 bits per heavy atom. The highest BCUT2D eigenvalue weighted by Gasteiger charge is 2.34. The Hall–Kier alpha value is -1.30. The van der Waals surface area contributed by atoms with Crippen LogP contribution in [0.3, 0.4) is 0 Å². The Morgan fingerprint density at radius 2 is 2.06 bits per heavy atom. The Kier molecular flexibility index (Phi) is 3.24. The van der Waals surface area contributed by atoms with Gasteiger partial charge in [0.1, 0.15) is 5.69 Å². The molecule has 1 fully saturated rings. The van der Waals surface area contributed by atoms with Gasteiger partial charge in [0.25, 0.3) is 5.56 Å². The van der Waals surface area contributed by atoms with Crippen molar-refractivity contribution >= 4 is 0 Å². The first-order valence-electron chi connectivity index (χ1n) is 5.49. The average molecular weight is 246 g/mol. The van der Waals surface area contributed by atoms with E-state index in [4.69, 9.17) is 0 Å². The minimum atomic E-state index is -4.49. The van der Waals surface area contributed by atoms with Gasteiger partial charge >= 0.3 is 6.18 Å². The fraction of sp³-hybridized carbons (Fsp3) is 0.545. The maximum absolute atomic E-state index is 12.6. The Balaban J connectivity index is 2.14. The van der Waals surface area contributed by atoms with Crippen LogP contribution >= 0.6 is 0 Å². The zero-order chi connectivity index (χ0) is 12.5. The zero-order valence-corrected chi connectivity index (χ0v) is 9.13. The highest BCUT2D eigenvalue weighted by Crippen LogP contribution is 2.28. The number of hydrogen-bond acceptors (Lipinski definition) is 2. The predicted molar refractivity (Wildman–Crippen MR) is 56.7 cm³/mol. The van der Waals surface area contributed by atoms with Crippen molar-refractivity contribution in [1.82, 2.24) is 9.88 Å².